The Labute approximate surface area is 163 Å². The van der Waals surface area contributed by atoms with E-state index in [0.717, 1.165) is 0 Å². The van der Waals surface area contributed by atoms with E-state index in [0.29, 0.717) is 42.3 Å². The lowest BCUT2D eigenvalue weighted by Crippen LogP contribution is -2.28. The van der Waals surface area contributed by atoms with E-state index in [1.165, 1.54) is 6.07 Å². The van der Waals surface area contributed by atoms with E-state index < -0.39 is 12.7 Å². The minimum atomic E-state index is -2.94. The lowest BCUT2D eigenvalue weighted by molar-refractivity contribution is -0.0506. The Morgan fingerprint density at radius 2 is 1.64 bits per heavy atom. The van der Waals surface area contributed by atoms with Crippen LogP contribution in [0.4, 0.5) is 8.78 Å². The van der Waals surface area contributed by atoms with Crippen LogP contribution < -0.4 is 19.5 Å². The lowest BCUT2D eigenvalue weighted by Gasteiger charge is -2.21. The van der Waals surface area contributed by atoms with Gasteiger partial charge in [-0.3, -0.25) is 4.79 Å². The molecule has 0 aliphatic rings. The average molecular weight is 393 g/mol. The fraction of sp³-hybridized carbons (Fsp3) is 0.381. The first-order valence-corrected chi connectivity index (χ1v) is 9.24. The Morgan fingerprint density at radius 1 is 0.964 bits per heavy atom. The summed E-state index contributed by atoms with van der Waals surface area (Å²) in [6.07, 6.45) is 0.505. The highest BCUT2D eigenvalue weighted by Crippen LogP contribution is 2.31. The van der Waals surface area contributed by atoms with Crippen LogP contribution in [-0.2, 0) is 0 Å². The number of carbonyl (C=O) groups excluding carboxylic acids is 1. The highest BCUT2D eigenvalue weighted by Gasteiger charge is 2.20. The number of nitrogens with one attached hydrogen (secondary N) is 1. The maximum atomic E-state index is 12.8. The highest BCUT2D eigenvalue weighted by molar-refractivity contribution is 5.95. The molecule has 0 radical (unpaired) electrons. The van der Waals surface area contributed by atoms with Crippen molar-refractivity contribution in [3.63, 3.8) is 0 Å². The normalized spacial score (nSPS) is 11.8. The summed E-state index contributed by atoms with van der Waals surface area (Å²) in [5.74, 6) is 0.740. The van der Waals surface area contributed by atoms with Gasteiger partial charge in [-0.05, 0) is 44.5 Å². The largest absolute Gasteiger partial charge is 0.490 e. The van der Waals surface area contributed by atoms with Crippen LogP contribution in [0.5, 0.6) is 17.2 Å². The number of halogens is 2. The molecule has 0 heterocycles. The van der Waals surface area contributed by atoms with Gasteiger partial charge in [0, 0.05) is 11.1 Å². The number of para-hydroxylation sites is 1. The molecule has 1 N–H and O–H groups in total. The summed E-state index contributed by atoms with van der Waals surface area (Å²) in [7, 11) is 0. The van der Waals surface area contributed by atoms with Gasteiger partial charge in [0.05, 0.1) is 19.3 Å². The van der Waals surface area contributed by atoms with Gasteiger partial charge in [0.2, 0.25) is 0 Å². The van der Waals surface area contributed by atoms with E-state index in [9.17, 15) is 13.6 Å². The fourth-order valence-electron chi connectivity index (χ4n) is 2.81. The van der Waals surface area contributed by atoms with Crippen molar-refractivity contribution in [1.82, 2.24) is 5.32 Å². The lowest BCUT2D eigenvalue weighted by atomic mass is 10.0. The monoisotopic (exact) mass is 393 g/mol. The molecule has 0 spiro atoms. The number of hydrogen-bond acceptors (Lipinski definition) is 4. The third-order valence-corrected chi connectivity index (χ3v) is 4.03. The molecule has 0 aliphatic heterocycles. The molecule has 1 amide bonds. The maximum Gasteiger partial charge on any atom is 0.387 e. The van der Waals surface area contributed by atoms with Crippen molar-refractivity contribution in [2.45, 2.75) is 39.8 Å². The molecule has 2 aromatic rings. The topological polar surface area (TPSA) is 56.8 Å². The third-order valence-electron chi connectivity index (χ3n) is 4.03. The first-order chi connectivity index (χ1) is 13.5. The molecule has 28 heavy (non-hydrogen) atoms. The number of carbonyl (C=O) groups is 1. The second-order valence-corrected chi connectivity index (χ2v) is 5.88. The van der Waals surface area contributed by atoms with Crippen molar-refractivity contribution in [2.24, 2.45) is 0 Å². The zero-order chi connectivity index (χ0) is 20.5. The highest BCUT2D eigenvalue weighted by atomic mass is 19.3. The summed E-state index contributed by atoms with van der Waals surface area (Å²) in [4.78, 5) is 12.8. The minimum Gasteiger partial charge on any atom is -0.490 e. The Morgan fingerprint density at radius 3 is 2.29 bits per heavy atom. The van der Waals surface area contributed by atoms with Crippen LogP contribution in [0.15, 0.2) is 42.5 Å². The van der Waals surface area contributed by atoms with Crippen molar-refractivity contribution >= 4 is 5.91 Å². The predicted molar refractivity (Wildman–Crippen MR) is 102 cm³/mol. The minimum absolute atomic E-state index is 0.0475. The van der Waals surface area contributed by atoms with Crippen molar-refractivity contribution < 1.29 is 27.8 Å². The van der Waals surface area contributed by atoms with Gasteiger partial charge in [-0.25, -0.2) is 0 Å². The number of ether oxygens (including phenoxy) is 3. The van der Waals surface area contributed by atoms with Gasteiger partial charge in [-0.2, -0.15) is 8.78 Å². The van der Waals surface area contributed by atoms with Gasteiger partial charge in [0.25, 0.3) is 5.91 Å². The Hall–Kier alpha value is -2.83. The third kappa shape index (κ3) is 5.58. The molecule has 0 bridgehead atoms. The van der Waals surface area contributed by atoms with E-state index in [2.05, 4.69) is 10.1 Å². The van der Waals surface area contributed by atoms with E-state index in [1.807, 2.05) is 20.8 Å². The quantitative estimate of drug-likeness (QED) is 0.619. The summed E-state index contributed by atoms with van der Waals surface area (Å²) in [5, 5.41) is 2.87. The molecule has 0 aliphatic carbocycles. The van der Waals surface area contributed by atoms with Gasteiger partial charge >= 0.3 is 6.61 Å². The van der Waals surface area contributed by atoms with E-state index >= 15 is 0 Å². The number of hydrogen-bond donors (Lipinski definition) is 1. The van der Waals surface area contributed by atoms with Crippen molar-refractivity contribution in [3.8, 4) is 17.2 Å². The zero-order valence-corrected chi connectivity index (χ0v) is 16.2. The van der Waals surface area contributed by atoms with Gasteiger partial charge in [-0.15, -0.1) is 0 Å². The first kappa shape index (κ1) is 21.5. The number of alkyl halides is 2. The molecule has 1 atom stereocenters. The molecule has 7 heteroatoms. The summed E-state index contributed by atoms with van der Waals surface area (Å²) in [6, 6.07) is 10.9. The molecule has 0 saturated carbocycles. The van der Waals surface area contributed by atoms with Gasteiger partial charge < -0.3 is 19.5 Å². The van der Waals surface area contributed by atoms with Crippen LogP contribution in [0.3, 0.4) is 0 Å². The molecule has 0 saturated heterocycles. The molecular weight excluding hydrogens is 368 g/mol. The number of benzene rings is 2. The molecule has 1 unspecified atom stereocenters. The van der Waals surface area contributed by atoms with E-state index in [1.54, 1.807) is 36.4 Å². The van der Waals surface area contributed by atoms with Gasteiger partial charge in [0.1, 0.15) is 5.75 Å². The Bertz CT molecular complexity index is 783. The van der Waals surface area contributed by atoms with Crippen LogP contribution in [0, 0.1) is 0 Å². The fourth-order valence-corrected chi connectivity index (χ4v) is 2.81. The summed E-state index contributed by atoms with van der Waals surface area (Å²) in [6.45, 7) is 3.53. The van der Waals surface area contributed by atoms with Crippen LogP contribution >= 0.6 is 0 Å². The zero-order valence-electron chi connectivity index (χ0n) is 16.2. The van der Waals surface area contributed by atoms with Gasteiger partial charge in [0.15, 0.2) is 11.5 Å². The predicted octanol–water partition coefficient (Wildman–Crippen LogP) is 4.97. The Kier molecular flexibility index (Phi) is 8.04. The molecule has 0 fully saturated rings. The summed E-state index contributed by atoms with van der Waals surface area (Å²) in [5.41, 5.74) is 0.882. The second-order valence-electron chi connectivity index (χ2n) is 5.88. The molecule has 2 rings (SSSR count). The SMILES string of the molecule is CCOc1ccc(C(=O)NC(CC)c2ccccc2OC(F)F)cc1OCC. The molecule has 152 valence electrons. The summed E-state index contributed by atoms with van der Waals surface area (Å²) < 4.78 is 41.0. The second kappa shape index (κ2) is 10.5. The maximum absolute atomic E-state index is 12.8. The molecule has 5 nitrogen and oxygen atoms in total. The molecule has 2 aromatic carbocycles. The van der Waals surface area contributed by atoms with Crippen molar-refractivity contribution in [2.75, 3.05) is 13.2 Å². The van der Waals surface area contributed by atoms with Crippen molar-refractivity contribution in [3.05, 3.63) is 53.6 Å². The van der Waals surface area contributed by atoms with Crippen LogP contribution in [0.2, 0.25) is 0 Å². The summed E-state index contributed by atoms with van der Waals surface area (Å²) >= 11 is 0. The van der Waals surface area contributed by atoms with E-state index in [-0.39, 0.29) is 11.7 Å². The van der Waals surface area contributed by atoms with Crippen LogP contribution in [0.25, 0.3) is 0 Å². The number of amides is 1. The first-order valence-electron chi connectivity index (χ1n) is 9.24. The number of rotatable bonds is 10. The van der Waals surface area contributed by atoms with E-state index in [4.69, 9.17) is 9.47 Å². The smallest absolute Gasteiger partial charge is 0.387 e. The van der Waals surface area contributed by atoms with Crippen LogP contribution in [-0.4, -0.2) is 25.7 Å². The van der Waals surface area contributed by atoms with Crippen molar-refractivity contribution in [1.29, 1.82) is 0 Å². The van der Waals surface area contributed by atoms with Crippen LogP contribution in [0.1, 0.15) is 49.2 Å². The molecular formula is C21H25F2NO4. The molecule has 0 aromatic heterocycles. The average Bonchev–Trinajstić information content (AvgIpc) is 2.68. The van der Waals surface area contributed by atoms with Gasteiger partial charge in [-0.1, -0.05) is 25.1 Å². The Balaban J connectivity index is 2.24. The standard InChI is InChI=1S/C21H25F2NO4/c1-4-16(15-9-7-8-10-17(15)28-21(22)23)24-20(25)14-11-12-18(26-5-2)19(13-14)27-6-3/h7-13,16,21H,4-6H2,1-3H3,(H,24,25).